The second kappa shape index (κ2) is 4.06. The van der Waals surface area contributed by atoms with Gasteiger partial charge in [-0.25, -0.2) is 0 Å². The first kappa shape index (κ1) is 10.6. The van der Waals surface area contributed by atoms with E-state index in [1.54, 1.807) is 5.56 Å². The quantitative estimate of drug-likeness (QED) is 0.746. The van der Waals surface area contributed by atoms with Gasteiger partial charge in [0.15, 0.2) is 0 Å². The first-order valence-corrected chi connectivity index (χ1v) is 7.05. The minimum absolute atomic E-state index is 0.788. The molecule has 3 rings (SSSR count). The number of nitrogens with zero attached hydrogens (tertiary/aromatic N) is 1. The van der Waals surface area contributed by atoms with Crippen LogP contribution in [0.4, 0.5) is 5.69 Å². The van der Waals surface area contributed by atoms with Crippen molar-refractivity contribution in [3.8, 4) is 0 Å². The molecular formula is C14H18BrN. The lowest BCUT2D eigenvalue weighted by Gasteiger charge is -2.18. The van der Waals surface area contributed by atoms with E-state index in [2.05, 4.69) is 46.1 Å². The van der Waals surface area contributed by atoms with E-state index in [-0.39, 0.29) is 0 Å². The zero-order valence-corrected chi connectivity index (χ0v) is 11.3. The maximum atomic E-state index is 3.57. The van der Waals surface area contributed by atoms with Crippen molar-refractivity contribution in [2.45, 2.75) is 31.6 Å². The van der Waals surface area contributed by atoms with Gasteiger partial charge in [-0.15, -0.1) is 0 Å². The SMILES string of the molecule is CN1CC(C2CCCC2)c2ccc(Br)cc21. The fourth-order valence-corrected chi connectivity index (χ4v) is 3.76. The van der Waals surface area contributed by atoms with Gasteiger partial charge in [0.25, 0.3) is 0 Å². The van der Waals surface area contributed by atoms with Gasteiger partial charge in [-0.3, -0.25) is 0 Å². The monoisotopic (exact) mass is 279 g/mol. The molecule has 1 aliphatic carbocycles. The van der Waals surface area contributed by atoms with Gasteiger partial charge in [-0.05, 0) is 36.5 Å². The molecule has 1 unspecified atom stereocenters. The molecule has 1 aromatic carbocycles. The van der Waals surface area contributed by atoms with E-state index in [0.717, 1.165) is 11.8 Å². The fourth-order valence-electron chi connectivity index (χ4n) is 3.42. The van der Waals surface area contributed by atoms with Gasteiger partial charge in [-0.2, -0.15) is 0 Å². The van der Waals surface area contributed by atoms with Crippen LogP contribution in [0.5, 0.6) is 0 Å². The number of hydrogen-bond acceptors (Lipinski definition) is 1. The summed E-state index contributed by atoms with van der Waals surface area (Å²) in [7, 11) is 2.22. The maximum absolute atomic E-state index is 3.57. The van der Waals surface area contributed by atoms with Crippen LogP contribution in [0.1, 0.15) is 37.2 Å². The standard InChI is InChI=1S/C14H18BrN/c1-16-9-13(10-4-2-3-5-10)12-7-6-11(15)8-14(12)16/h6-8,10,13H,2-5,9H2,1H3. The van der Waals surface area contributed by atoms with Crippen molar-refractivity contribution in [3.63, 3.8) is 0 Å². The molecule has 16 heavy (non-hydrogen) atoms. The highest BCUT2D eigenvalue weighted by Gasteiger charge is 2.33. The molecule has 0 radical (unpaired) electrons. The van der Waals surface area contributed by atoms with E-state index < -0.39 is 0 Å². The molecule has 1 atom stereocenters. The lowest BCUT2D eigenvalue weighted by atomic mass is 9.86. The van der Waals surface area contributed by atoms with E-state index in [4.69, 9.17) is 0 Å². The summed E-state index contributed by atoms with van der Waals surface area (Å²) in [6.45, 7) is 1.22. The predicted octanol–water partition coefficient (Wildman–Crippen LogP) is 4.17. The number of hydrogen-bond donors (Lipinski definition) is 0. The first-order valence-electron chi connectivity index (χ1n) is 6.26. The van der Waals surface area contributed by atoms with Gasteiger partial charge in [0.1, 0.15) is 0 Å². The summed E-state index contributed by atoms with van der Waals surface area (Å²) in [5, 5.41) is 0. The number of likely N-dealkylation sites (N-methyl/N-ethyl adjacent to an activating group) is 1. The second-order valence-corrected chi connectivity index (χ2v) is 6.15. The number of fused-ring (bicyclic) bond motifs is 1. The summed E-state index contributed by atoms with van der Waals surface area (Å²) in [6.07, 6.45) is 5.76. The Hall–Kier alpha value is -0.500. The van der Waals surface area contributed by atoms with Crippen LogP contribution in [0.15, 0.2) is 22.7 Å². The minimum Gasteiger partial charge on any atom is -0.374 e. The molecule has 2 aliphatic rings. The van der Waals surface area contributed by atoms with Crippen LogP contribution >= 0.6 is 15.9 Å². The summed E-state index contributed by atoms with van der Waals surface area (Å²) in [4.78, 5) is 2.42. The predicted molar refractivity (Wildman–Crippen MR) is 72.1 cm³/mol. The summed E-state index contributed by atoms with van der Waals surface area (Å²) < 4.78 is 1.20. The van der Waals surface area contributed by atoms with Crippen molar-refractivity contribution < 1.29 is 0 Å². The van der Waals surface area contributed by atoms with Gasteiger partial charge >= 0.3 is 0 Å². The number of anilines is 1. The van der Waals surface area contributed by atoms with Crippen LogP contribution in [0.2, 0.25) is 0 Å². The van der Waals surface area contributed by atoms with Crippen LogP contribution in [-0.4, -0.2) is 13.6 Å². The normalized spacial score (nSPS) is 25.1. The molecule has 1 heterocycles. The largest absolute Gasteiger partial charge is 0.374 e. The molecule has 1 aliphatic heterocycles. The Balaban J connectivity index is 1.95. The molecule has 0 aromatic heterocycles. The van der Waals surface area contributed by atoms with Gasteiger partial charge in [-0.1, -0.05) is 34.8 Å². The molecule has 1 aromatic rings. The summed E-state index contributed by atoms with van der Waals surface area (Å²) in [5.74, 6) is 1.72. The molecule has 0 saturated heterocycles. The summed E-state index contributed by atoms with van der Waals surface area (Å²) in [6, 6.07) is 6.79. The van der Waals surface area contributed by atoms with Gasteiger partial charge in [0.05, 0.1) is 0 Å². The van der Waals surface area contributed by atoms with E-state index >= 15 is 0 Å². The molecule has 1 nitrogen and oxygen atoms in total. The highest BCUT2D eigenvalue weighted by molar-refractivity contribution is 9.10. The van der Waals surface area contributed by atoms with Crippen molar-refractivity contribution in [2.75, 3.05) is 18.5 Å². The van der Waals surface area contributed by atoms with Gasteiger partial charge < -0.3 is 4.90 Å². The Kier molecular flexibility index (Phi) is 2.70. The molecule has 86 valence electrons. The maximum Gasteiger partial charge on any atom is 0.0411 e. The Morgan fingerprint density at radius 1 is 1.25 bits per heavy atom. The third kappa shape index (κ3) is 1.67. The van der Waals surface area contributed by atoms with Crippen LogP contribution in [-0.2, 0) is 0 Å². The second-order valence-electron chi connectivity index (χ2n) is 5.23. The third-order valence-electron chi connectivity index (χ3n) is 4.24. The Morgan fingerprint density at radius 2 is 2.00 bits per heavy atom. The summed E-state index contributed by atoms with van der Waals surface area (Å²) >= 11 is 3.57. The van der Waals surface area contributed by atoms with Crippen molar-refractivity contribution in [1.29, 1.82) is 0 Å². The molecule has 1 fully saturated rings. The lowest BCUT2D eigenvalue weighted by molar-refractivity contribution is 0.452. The number of rotatable bonds is 1. The molecular weight excluding hydrogens is 262 g/mol. The van der Waals surface area contributed by atoms with Crippen LogP contribution in [0.25, 0.3) is 0 Å². The van der Waals surface area contributed by atoms with Crippen LogP contribution in [0, 0.1) is 5.92 Å². The molecule has 0 spiro atoms. The van der Waals surface area contributed by atoms with Crippen molar-refractivity contribution in [1.82, 2.24) is 0 Å². The minimum atomic E-state index is 0.788. The third-order valence-corrected chi connectivity index (χ3v) is 4.74. The average Bonchev–Trinajstić information content (AvgIpc) is 2.87. The van der Waals surface area contributed by atoms with Crippen LogP contribution < -0.4 is 4.90 Å². The van der Waals surface area contributed by atoms with Crippen molar-refractivity contribution in [2.24, 2.45) is 5.92 Å². The Morgan fingerprint density at radius 3 is 2.75 bits per heavy atom. The van der Waals surface area contributed by atoms with E-state index in [1.807, 2.05) is 0 Å². The average molecular weight is 280 g/mol. The van der Waals surface area contributed by atoms with E-state index in [1.165, 1.54) is 42.4 Å². The molecule has 2 heteroatoms. The zero-order valence-electron chi connectivity index (χ0n) is 9.75. The fraction of sp³-hybridized carbons (Fsp3) is 0.571. The zero-order chi connectivity index (χ0) is 11.1. The lowest BCUT2D eigenvalue weighted by Crippen LogP contribution is -2.19. The topological polar surface area (TPSA) is 3.24 Å². The number of benzene rings is 1. The Labute approximate surface area is 106 Å². The molecule has 0 bridgehead atoms. The Bertz CT molecular complexity index is 396. The van der Waals surface area contributed by atoms with Gasteiger partial charge in [0, 0.05) is 29.7 Å². The highest BCUT2D eigenvalue weighted by Crippen LogP contribution is 2.45. The molecule has 0 amide bonds. The first-order chi connectivity index (χ1) is 7.75. The molecule has 0 N–H and O–H groups in total. The summed E-state index contributed by atoms with van der Waals surface area (Å²) in [5.41, 5.74) is 3.02. The van der Waals surface area contributed by atoms with Crippen molar-refractivity contribution in [3.05, 3.63) is 28.2 Å². The smallest absolute Gasteiger partial charge is 0.0411 e. The molecule has 1 saturated carbocycles. The van der Waals surface area contributed by atoms with Gasteiger partial charge in [0.2, 0.25) is 0 Å². The number of halogens is 1. The van der Waals surface area contributed by atoms with Crippen molar-refractivity contribution >= 4 is 21.6 Å². The van der Waals surface area contributed by atoms with Crippen LogP contribution in [0.3, 0.4) is 0 Å². The van der Waals surface area contributed by atoms with E-state index in [9.17, 15) is 0 Å². The van der Waals surface area contributed by atoms with E-state index in [0.29, 0.717) is 0 Å². The highest BCUT2D eigenvalue weighted by atomic mass is 79.9.